The number of aryl methyl sites for hydroxylation is 1. The van der Waals surface area contributed by atoms with Crippen LogP contribution in [0.25, 0.3) is 11.3 Å². The van der Waals surface area contributed by atoms with Gasteiger partial charge in [-0.05, 0) is 37.0 Å². The number of ether oxygens (including phenoxy) is 1. The fraction of sp³-hybridized carbons (Fsp3) is 0.450. The van der Waals surface area contributed by atoms with Crippen molar-refractivity contribution in [1.82, 2.24) is 4.98 Å². The number of anilines is 2. The van der Waals surface area contributed by atoms with Crippen LogP contribution in [0.2, 0.25) is 0 Å². The Morgan fingerprint density at radius 1 is 1.26 bits per heavy atom. The number of nitrogens with zero attached hydrogens (tertiary/aromatic N) is 1. The monoisotopic (exact) mass is 385 g/mol. The normalized spacial score (nSPS) is 17.3. The van der Waals surface area contributed by atoms with E-state index in [1.807, 2.05) is 17.5 Å². The number of hydrogen-bond acceptors (Lipinski definition) is 5. The van der Waals surface area contributed by atoms with Gasteiger partial charge in [0.2, 0.25) is 5.91 Å². The Kier molecular flexibility index (Phi) is 5.50. The van der Waals surface area contributed by atoms with Crippen molar-refractivity contribution < 1.29 is 14.3 Å². The molecule has 1 aliphatic heterocycles. The van der Waals surface area contributed by atoms with Gasteiger partial charge in [0.05, 0.1) is 11.8 Å². The van der Waals surface area contributed by atoms with Gasteiger partial charge < -0.3 is 10.1 Å². The van der Waals surface area contributed by atoms with Crippen LogP contribution in [-0.4, -0.2) is 29.5 Å². The fourth-order valence-corrected chi connectivity index (χ4v) is 4.32. The lowest BCUT2D eigenvalue weighted by Crippen LogP contribution is -2.24. The molecule has 1 fully saturated rings. The Bertz CT molecular complexity index is 843. The van der Waals surface area contributed by atoms with Gasteiger partial charge in [0.1, 0.15) is 6.61 Å². The molecule has 2 aliphatic rings. The maximum Gasteiger partial charge on any atom is 0.252 e. The fourth-order valence-electron chi connectivity index (χ4n) is 3.59. The van der Waals surface area contributed by atoms with E-state index in [2.05, 4.69) is 21.7 Å². The van der Waals surface area contributed by atoms with Gasteiger partial charge in [-0.15, -0.1) is 11.3 Å². The summed E-state index contributed by atoms with van der Waals surface area (Å²) in [7, 11) is 0. The van der Waals surface area contributed by atoms with Crippen molar-refractivity contribution in [2.24, 2.45) is 0 Å². The van der Waals surface area contributed by atoms with Crippen molar-refractivity contribution in [3.63, 3.8) is 0 Å². The molecular weight excluding hydrogens is 362 g/mol. The Hall–Kier alpha value is -2.25. The number of thiazole rings is 1. The van der Waals surface area contributed by atoms with Crippen molar-refractivity contribution in [2.45, 2.75) is 51.0 Å². The zero-order valence-electron chi connectivity index (χ0n) is 15.1. The minimum absolute atomic E-state index is 0.0596. The van der Waals surface area contributed by atoms with Crippen molar-refractivity contribution in [2.75, 3.05) is 17.2 Å². The first-order valence-electron chi connectivity index (χ1n) is 9.47. The highest BCUT2D eigenvalue weighted by Gasteiger charge is 2.17. The maximum atomic E-state index is 12.1. The summed E-state index contributed by atoms with van der Waals surface area (Å²) in [4.78, 5) is 28.1. The Morgan fingerprint density at radius 3 is 2.96 bits per heavy atom. The summed E-state index contributed by atoms with van der Waals surface area (Å²) in [6.07, 6.45) is 7.20. The molecule has 0 spiro atoms. The van der Waals surface area contributed by atoms with Gasteiger partial charge >= 0.3 is 0 Å². The minimum atomic E-state index is -0.158. The highest BCUT2D eigenvalue weighted by Crippen LogP contribution is 2.30. The lowest BCUT2D eigenvalue weighted by molar-refractivity contribution is -0.123. The molecule has 4 rings (SSSR count). The maximum absolute atomic E-state index is 12.1. The van der Waals surface area contributed by atoms with Crippen LogP contribution in [0, 0.1) is 0 Å². The molecule has 2 amide bonds. The third-order valence-electron chi connectivity index (χ3n) is 5.05. The van der Waals surface area contributed by atoms with Crippen molar-refractivity contribution in [1.29, 1.82) is 0 Å². The predicted molar refractivity (Wildman–Crippen MR) is 106 cm³/mol. The molecule has 1 saturated carbocycles. The minimum Gasteiger partial charge on any atom is -0.368 e. The second-order valence-electron chi connectivity index (χ2n) is 7.08. The predicted octanol–water partition coefficient (Wildman–Crippen LogP) is 3.98. The Morgan fingerprint density at radius 2 is 2.11 bits per heavy atom. The molecule has 142 valence electrons. The third-order valence-corrected chi connectivity index (χ3v) is 5.81. The molecule has 7 heteroatoms. The first-order chi connectivity index (χ1) is 13.2. The molecule has 2 heterocycles. The van der Waals surface area contributed by atoms with Crippen molar-refractivity contribution in [3.05, 3.63) is 29.1 Å². The van der Waals surface area contributed by atoms with Gasteiger partial charge in [0.25, 0.3) is 5.91 Å². The van der Waals surface area contributed by atoms with Crippen molar-refractivity contribution in [3.8, 4) is 11.3 Å². The molecular formula is C20H23N3O3S. The van der Waals surface area contributed by atoms with Gasteiger partial charge in [0, 0.05) is 23.1 Å². The van der Waals surface area contributed by atoms with E-state index in [1.54, 1.807) is 0 Å². The largest absolute Gasteiger partial charge is 0.368 e. The van der Waals surface area contributed by atoms with E-state index >= 15 is 0 Å². The standard InChI is InChI=1S/C20H23N3O3S/c24-18-9-7-13-10-14(6-8-16(13)21-18)17-12-27-20(22-17)23-19(25)11-26-15-4-2-1-3-5-15/h6,8,10,12,15H,1-5,7,9,11H2,(H,21,24)(H,22,23,25). The molecule has 27 heavy (non-hydrogen) atoms. The highest BCUT2D eigenvalue weighted by atomic mass is 32.1. The topological polar surface area (TPSA) is 80.3 Å². The molecule has 0 unspecified atom stereocenters. The Balaban J connectivity index is 1.35. The number of nitrogens with one attached hydrogen (secondary N) is 2. The van der Waals surface area contributed by atoms with Gasteiger partial charge in [-0.1, -0.05) is 25.3 Å². The molecule has 0 bridgehead atoms. The van der Waals surface area contributed by atoms with Gasteiger partial charge in [-0.3, -0.25) is 14.9 Å². The summed E-state index contributed by atoms with van der Waals surface area (Å²) in [5.74, 6) is -0.0982. The SMILES string of the molecule is O=C(COC1CCCCC1)Nc1nc(-c2ccc3c(c2)CCC(=O)N3)cs1. The third kappa shape index (κ3) is 4.54. The summed E-state index contributed by atoms with van der Waals surface area (Å²) < 4.78 is 5.71. The van der Waals surface area contributed by atoms with Crippen LogP contribution in [0.3, 0.4) is 0 Å². The second-order valence-corrected chi connectivity index (χ2v) is 7.94. The molecule has 1 aromatic heterocycles. The van der Waals surface area contributed by atoms with Crippen LogP contribution in [0.5, 0.6) is 0 Å². The smallest absolute Gasteiger partial charge is 0.252 e. The van der Waals surface area contributed by atoms with Crippen LogP contribution in [0.15, 0.2) is 23.6 Å². The van der Waals surface area contributed by atoms with Gasteiger partial charge in [0.15, 0.2) is 5.13 Å². The van der Waals surface area contributed by atoms with E-state index < -0.39 is 0 Å². The zero-order valence-corrected chi connectivity index (χ0v) is 15.9. The number of hydrogen-bond donors (Lipinski definition) is 2. The van der Waals surface area contributed by atoms with E-state index in [0.717, 1.165) is 41.8 Å². The number of rotatable bonds is 5. The van der Waals surface area contributed by atoms with E-state index in [4.69, 9.17) is 4.74 Å². The number of amides is 2. The number of carbonyl (C=O) groups excluding carboxylic acids is 2. The van der Waals surface area contributed by atoms with Crippen LogP contribution in [-0.2, 0) is 20.7 Å². The Labute approximate surface area is 162 Å². The first-order valence-corrected chi connectivity index (χ1v) is 10.4. The van der Waals surface area contributed by atoms with E-state index in [9.17, 15) is 9.59 Å². The average molecular weight is 385 g/mol. The first kappa shape index (κ1) is 18.1. The van der Waals surface area contributed by atoms with E-state index in [0.29, 0.717) is 11.6 Å². The summed E-state index contributed by atoms with van der Waals surface area (Å²) in [5, 5.41) is 8.22. The average Bonchev–Trinajstić information content (AvgIpc) is 3.15. The quantitative estimate of drug-likeness (QED) is 0.816. The lowest BCUT2D eigenvalue weighted by Gasteiger charge is -2.21. The van der Waals surface area contributed by atoms with Crippen LogP contribution >= 0.6 is 11.3 Å². The van der Waals surface area contributed by atoms with Crippen molar-refractivity contribution >= 4 is 34.0 Å². The summed E-state index contributed by atoms with van der Waals surface area (Å²) in [6.45, 7) is 0.0815. The lowest BCUT2D eigenvalue weighted by atomic mass is 9.98. The molecule has 1 aliphatic carbocycles. The molecule has 0 saturated heterocycles. The number of aromatic nitrogens is 1. The molecule has 2 aromatic rings. The zero-order chi connectivity index (χ0) is 18.6. The van der Waals surface area contributed by atoms with Gasteiger partial charge in [-0.2, -0.15) is 0 Å². The van der Waals surface area contributed by atoms with Crippen LogP contribution in [0.4, 0.5) is 10.8 Å². The highest BCUT2D eigenvalue weighted by molar-refractivity contribution is 7.14. The molecule has 2 N–H and O–H groups in total. The second kappa shape index (κ2) is 8.19. The van der Waals surface area contributed by atoms with Crippen LogP contribution < -0.4 is 10.6 Å². The molecule has 6 nitrogen and oxygen atoms in total. The number of benzene rings is 1. The van der Waals surface area contributed by atoms with E-state index in [1.165, 1.54) is 30.6 Å². The molecule has 0 atom stereocenters. The number of fused-ring (bicyclic) bond motifs is 1. The summed E-state index contributed by atoms with van der Waals surface area (Å²) in [5.41, 5.74) is 3.80. The summed E-state index contributed by atoms with van der Waals surface area (Å²) >= 11 is 1.40. The summed E-state index contributed by atoms with van der Waals surface area (Å²) in [6, 6.07) is 5.91. The molecule has 1 aromatic carbocycles. The molecule has 0 radical (unpaired) electrons. The van der Waals surface area contributed by atoms with E-state index in [-0.39, 0.29) is 24.5 Å². The number of carbonyl (C=O) groups is 2. The van der Waals surface area contributed by atoms with Crippen LogP contribution in [0.1, 0.15) is 44.1 Å². The van der Waals surface area contributed by atoms with Gasteiger partial charge in [-0.25, -0.2) is 4.98 Å².